The molecule has 142 valence electrons. The number of hydrogen-bond acceptors (Lipinski definition) is 5. The SMILES string of the molecule is CN1C(=O)COc2ccc(-c3ccnc(Nc4ccc(S(N)=O)cc4)c3)cc21. The fourth-order valence-electron chi connectivity index (χ4n) is 2.95. The van der Waals surface area contributed by atoms with Crippen molar-refractivity contribution in [1.29, 1.82) is 0 Å². The first kappa shape index (κ1) is 18.1. The van der Waals surface area contributed by atoms with Crippen LogP contribution in [0.15, 0.2) is 65.7 Å². The van der Waals surface area contributed by atoms with Crippen molar-refractivity contribution in [2.45, 2.75) is 4.90 Å². The topological polar surface area (TPSA) is 97.6 Å². The van der Waals surface area contributed by atoms with Crippen molar-refractivity contribution >= 4 is 34.1 Å². The molecule has 28 heavy (non-hydrogen) atoms. The highest BCUT2D eigenvalue weighted by molar-refractivity contribution is 7.82. The number of amides is 1. The van der Waals surface area contributed by atoms with Crippen molar-refractivity contribution in [3.63, 3.8) is 0 Å². The van der Waals surface area contributed by atoms with Crippen LogP contribution in [-0.4, -0.2) is 28.8 Å². The molecule has 4 rings (SSSR count). The summed E-state index contributed by atoms with van der Waals surface area (Å²) in [5.74, 6) is 1.27. The highest BCUT2D eigenvalue weighted by Gasteiger charge is 2.22. The molecule has 0 radical (unpaired) electrons. The average Bonchev–Trinajstić information content (AvgIpc) is 2.71. The Hall–Kier alpha value is -3.23. The van der Waals surface area contributed by atoms with Gasteiger partial charge in [-0.15, -0.1) is 0 Å². The monoisotopic (exact) mass is 394 g/mol. The fourth-order valence-corrected chi connectivity index (χ4v) is 3.35. The molecule has 0 saturated carbocycles. The minimum Gasteiger partial charge on any atom is -0.482 e. The summed E-state index contributed by atoms with van der Waals surface area (Å²) in [4.78, 5) is 18.4. The van der Waals surface area contributed by atoms with Crippen molar-refractivity contribution < 1.29 is 13.7 Å². The van der Waals surface area contributed by atoms with E-state index >= 15 is 0 Å². The summed E-state index contributed by atoms with van der Waals surface area (Å²) in [5.41, 5.74) is 3.45. The Labute approximate surface area is 164 Å². The van der Waals surface area contributed by atoms with Crippen molar-refractivity contribution in [2.24, 2.45) is 5.14 Å². The molecular weight excluding hydrogens is 376 g/mol. The van der Waals surface area contributed by atoms with Crippen LogP contribution in [0.1, 0.15) is 0 Å². The van der Waals surface area contributed by atoms with E-state index in [-0.39, 0.29) is 12.5 Å². The molecule has 0 saturated heterocycles. The van der Waals surface area contributed by atoms with Gasteiger partial charge in [-0.05, 0) is 59.7 Å². The molecule has 0 spiro atoms. The number of fused-ring (bicyclic) bond motifs is 1. The number of nitrogens with one attached hydrogen (secondary N) is 1. The fraction of sp³-hybridized carbons (Fsp3) is 0.100. The number of carbonyl (C=O) groups excluding carboxylic acids is 1. The molecule has 1 aliphatic rings. The smallest absolute Gasteiger partial charge is 0.264 e. The van der Waals surface area contributed by atoms with Crippen molar-refractivity contribution in [3.05, 3.63) is 60.8 Å². The molecule has 0 fully saturated rings. The third kappa shape index (κ3) is 3.60. The lowest BCUT2D eigenvalue weighted by atomic mass is 10.0. The molecule has 2 heterocycles. The zero-order chi connectivity index (χ0) is 19.7. The van der Waals surface area contributed by atoms with E-state index in [2.05, 4.69) is 10.3 Å². The van der Waals surface area contributed by atoms with Gasteiger partial charge in [-0.2, -0.15) is 0 Å². The number of nitrogens with two attached hydrogens (primary N) is 1. The Morgan fingerprint density at radius 1 is 1.11 bits per heavy atom. The molecule has 0 aliphatic carbocycles. The minimum atomic E-state index is -1.50. The van der Waals surface area contributed by atoms with Crippen molar-refractivity contribution in [1.82, 2.24) is 4.98 Å². The van der Waals surface area contributed by atoms with Crippen LogP contribution in [0.4, 0.5) is 17.2 Å². The Bertz CT molecular complexity index is 1070. The van der Waals surface area contributed by atoms with E-state index in [9.17, 15) is 9.00 Å². The summed E-state index contributed by atoms with van der Waals surface area (Å²) in [7, 11) is 0.240. The maximum atomic E-state index is 11.9. The average molecular weight is 394 g/mol. The Morgan fingerprint density at radius 3 is 2.61 bits per heavy atom. The Morgan fingerprint density at radius 2 is 1.86 bits per heavy atom. The van der Waals surface area contributed by atoms with Gasteiger partial charge in [0, 0.05) is 18.9 Å². The van der Waals surface area contributed by atoms with Gasteiger partial charge in [0.25, 0.3) is 5.91 Å². The van der Waals surface area contributed by atoms with Crippen LogP contribution >= 0.6 is 0 Å². The van der Waals surface area contributed by atoms with Gasteiger partial charge in [-0.1, -0.05) is 6.07 Å². The number of ether oxygens (including phenoxy) is 1. The first-order valence-electron chi connectivity index (χ1n) is 8.54. The van der Waals surface area contributed by atoms with Gasteiger partial charge in [0.1, 0.15) is 22.6 Å². The lowest BCUT2D eigenvalue weighted by Gasteiger charge is -2.26. The number of rotatable bonds is 4. The summed E-state index contributed by atoms with van der Waals surface area (Å²) >= 11 is 0. The van der Waals surface area contributed by atoms with Gasteiger partial charge in [0.05, 0.1) is 10.6 Å². The third-order valence-electron chi connectivity index (χ3n) is 4.50. The second kappa shape index (κ2) is 7.41. The predicted octanol–water partition coefficient (Wildman–Crippen LogP) is 2.83. The molecule has 2 aromatic carbocycles. The van der Waals surface area contributed by atoms with Crippen LogP contribution in [-0.2, 0) is 15.8 Å². The van der Waals surface area contributed by atoms with Crippen LogP contribution in [0.3, 0.4) is 0 Å². The molecule has 1 unspecified atom stereocenters. The number of likely N-dealkylation sites (N-methyl/N-ethyl adjacent to an activating group) is 1. The van der Waals surface area contributed by atoms with Crippen LogP contribution in [0.5, 0.6) is 5.75 Å². The predicted molar refractivity (Wildman–Crippen MR) is 109 cm³/mol. The Balaban J connectivity index is 1.60. The number of anilines is 3. The molecule has 1 aromatic heterocycles. The van der Waals surface area contributed by atoms with Crippen LogP contribution in [0, 0.1) is 0 Å². The summed E-state index contributed by atoms with van der Waals surface area (Å²) < 4.78 is 16.8. The second-order valence-electron chi connectivity index (χ2n) is 6.30. The maximum Gasteiger partial charge on any atom is 0.264 e. The highest BCUT2D eigenvalue weighted by atomic mass is 32.2. The molecule has 1 aliphatic heterocycles. The molecule has 1 atom stereocenters. The van der Waals surface area contributed by atoms with Crippen molar-refractivity contribution in [3.8, 4) is 16.9 Å². The van der Waals surface area contributed by atoms with Gasteiger partial charge in [0.2, 0.25) is 0 Å². The van der Waals surface area contributed by atoms with Crippen LogP contribution in [0.2, 0.25) is 0 Å². The lowest BCUT2D eigenvalue weighted by molar-refractivity contribution is -0.120. The summed E-state index contributed by atoms with van der Waals surface area (Å²) in [6.07, 6.45) is 1.71. The van der Waals surface area contributed by atoms with E-state index in [1.54, 1.807) is 42.4 Å². The van der Waals surface area contributed by atoms with E-state index in [1.807, 2.05) is 30.3 Å². The quantitative estimate of drug-likeness (QED) is 0.709. The zero-order valence-corrected chi connectivity index (χ0v) is 15.9. The second-order valence-corrected chi connectivity index (χ2v) is 7.37. The summed E-state index contributed by atoms with van der Waals surface area (Å²) in [5, 5.41) is 8.59. The summed E-state index contributed by atoms with van der Waals surface area (Å²) in [6, 6.07) is 16.6. The van der Waals surface area contributed by atoms with Crippen molar-refractivity contribution in [2.75, 3.05) is 23.9 Å². The van der Waals surface area contributed by atoms with E-state index in [1.165, 1.54) is 0 Å². The number of aromatic nitrogens is 1. The first-order valence-corrected chi connectivity index (χ1v) is 9.75. The lowest BCUT2D eigenvalue weighted by Crippen LogP contribution is -2.35. The van der Waals surface area contributed by atoms with E-state index < -0.39 is 11.0 Å². The maximum absolute atomic E-state index is 11.9. The number of pyridine rings is 1. The first-order chi connectivity index (χ1) is 13.5. The van der Waals surface area contributed by atoms with Crippen LogP contribution in [0.25, 0.3) is 11.1 Å². The standard InChI is InChI=1S/C20H18N4O3S/c1-24-17-10-13(2-7-18(17)27-12-20(24)25)14-8-9-22-19(11-14)23-15-3-5-16(6-4-15)28(21)26/h2-11H,12,21H2,1H3,(H,22,23). The molecule has 8 heteroatoms. The number of hydrogen-bond donors (Lipinski definition) is 2. The number of benzene rings is 2. The third-order valence-corrected chi connectivity index (χ3v) is 5.23. The molecule has 7 nitrogen and oxygen atoms in total. The van der Waals surface area contributed by atoms with Gasteiger partial charge in [-0.3, -0.25) is 4.79 Å². The normalized spacial score (nSPS) is 14.2. The molecule has 3 aromatic rings. The Kier molecular flexibility index (Phi) is 4.81. The minimum absolute atomic E-state index is 0.0582. The van der Waals surface area contributed by atoms with Gasteiger partial charge < -0.3 is 15.0 Å². The van der Waals surface area contributed by atoms with E-state index in [0.717, 1.165) is 22.5 Å². The van der Waals surface area contributed by atoms with Crippen LogP contribution < -0.4 is 20.1 Å². The number of carbonyl (C=O) groups is 1. The summed E-state index contributed by atoms with van der Waals surface area (Å²) in [6.45, 7) is 0.0582. The number of nitrogens with zero attached hydrogens (tertiary/aromatic N) is 2. The molecular formula is C20H18N4O3S. The van der Waals surface area contributed by atoms with Gasteiger partial charge in [0.15, 0.2) is 6.61 Å². The van der Waals surface area contributed by atoms with Gasteiger partial charge >= 0.3 is 0 Å². The zero-order valence-electron chi connectivity index (χ0n) is 15.1. The van der Waals surface area contributed by atoms with E-state index in [4.69, 9.17) is 9.88 Å². The highest BCUT2D eigenvalue weighted by Crippen LogP contribution is 2.35. The molecule has 1 amide bonds. The largest absolute Gasteiger partial charge is 0.482 e. The molecule has 3 N–H and O–H groups in total. The van der Waals surface area contributed by atoms with Gasteiger partial charge in [-0.25, -0.2) is 14.3 Å². The van der Waals surface area contributed by atoms with E-state index in [0.29, 0.717) is 16.5 Å². The molecule has 0 bridgehead atoms.